The summed E-state index contributed by atoms with van der Waals surface area (Å²) in [5, 5.41) is 15.6. The van der Waals surface area contributed by atoms with E-state index in [0.717, 1.165) is 6.42 Å². The Bertz CT molecular complexity index is 628. The number of ether oxygens (including phenoxy) is 1. The topological polar surface area (TPSA) is 103 Å². The minimum absolute atomic E-state index is 0.0550. The van der Waals surface area contributed by atoms with Crippen LogP contribution in [0.15, 0.2) is 4.99 Å². The van der Waals surface area contributed by atoms with Gasteiger partial charge >= 0.3 is 15.5 Å². The van der Waals surface area contributed by atoms with E-state index in [4.69, 9.17) is 4.74 Å². The third-order valence-electron chi connectivity index (χ3n) is 5.45. The maximum absolute atomic E-state index is 12.6. The van der Waals surface area contributed by atoms with Crippen LogP contribution in [0.3, 0.4) is 0 Å². The van der Waals surface area contributed by atoms with E-state index < -0.39 is 15.5 Å². The molecule has 2 heterocycles. The van der Waals surface area contributed by atoms with Crippen molar-refractivity contribution < 1.29 is 31.4 Å². The minimum Gasteiger partial charge on any atom is -0.396 e. The number of halogens is 3. The van der Waals surface area contributed by atoms with Gasteiger partial charge in [-0.05, 0) is 31.6 Å². The fourth-order valence-corrected chi connectivity index (χ4v) is 4.53. The fraction of sp³-hybridized carbons (Fsp3) is 0.938. The molecule has 8 nitrogen and oxygen atoms in total. The normalized spacial score (nSPS) is 25.8. The maximum Gasteiger partial charge on any atom is 0.511 e. The summed E-state index contributed by atoms with van der Waals surface area (Å²) in [6, 6.07) is 0. The first kappa shape index (κ1) is 23.2. The second-order valence-corrected chi connectivity index (χ2v) is 9.31. The lowest BCUT2D eigenvalue weighted by molar-refractivity contribution is -0.0496. The van der Waals surface area contributed by atoms with Crippen molar-refractivity contribution in [3.63, 3.8) is 0 Å². The molecule has 164 valence electrons. The van der Waals surface area contributed by atoms with Crippen LogP contribution < -0.4 is 10.6 Å². The second-order valence-electron chi connectivity index (χ2n) is 7.38. The summed E-state index contributed by atoms with van der Waals surface area (Å²) in [5.41, 5.74) is -5.39. The molecule has 0 aromatic rings. The second kappa shape index (κ2) is 9.59. The molecule has 3 N–H and O–H groups in total. The average molecular weight is 430 g/mol. The first-order valence-electron chi connectivity index (χ1n) is 9.33. The predicted octanol–water partition coefficient (Wildman–Crippen LogP) is 0.502. The van der Waals surface area contributed by atoms with Crippen LogP contribution >= 0.6 is 0 Å². The highest BCUT2D eigenvalue weighted by Crippen LogP contribution is 2.31. The monoisotopic (exact) mass is 430 g/mol. The number of hydrogen-bond acceptors (Lipinski definition) is 5. The summed E-state index contributed by atoms with van der Waals surface area (Å²) in [4.78, 5) is 4.15. The fourth-order valence-electron chi connectivity index (χ4n) is 3.54. The molecule has 0 saturated carbocycles. The summed E-state index contributed by atoms with van der Waals surface area (Å²) in [6.07, 6.45) is 2.18. The molecule has 0 aromatic heterocycles. The van der Waals surface area contributed by atoms with Gasteiger partial charge in [0.15, 0.2) is 5.96 Å². The predicted molar refractivity (Wildman–Crippen MR) is 98.2 cm³/mol. The summed E-state index contributed by atoms with van der Waals surface area (Å²) < 4.78 is 66.7. The standard InChI is InChI=1S/C16H29F3N4O4S/c1-20-14(22-11-15(4-8-24)5-9-27-12-15)21-10-13-2-6-23(7-3-13)28(25,26)16(17,18)19/h13,24H,2-12H2,1H3,(H2,20,21,22). The van der Waals surface area contributed by atoms with E-state index in [-0.39, 0.29) is 31.0 Å². The number of sulfonamides is 1. The Hall–Kier alpha value is -1.11. The summed E-state index contributed by atoms with van der Waals surface area (Å²) >= 11 is 0. The van der Waals surface area contributed by atoms with Crippen LogP contribution in [0.1, 0.15) is 25.7 Å². The molecule has 0 amide bonds. The molecule has 28 heavy (non-hydrogen) atoms. The molecule has 0 spiro atoms. The summed E-state index contributed by atoms with van der Waals surface area (Å²) in [5.74, 6) is 0.619. The first-order chi connectivity index (χ1) is 13.1. The largest absolute Gasteiger partial charge is 0.511 e. The van der Waals surface area contributed by atoms with Crippen molar-refractivity contribution in [1.29, 1.82) is 0 Å². The van der Waals surface area contributed by atoms with Crippen molar-refractivity contribution in [3.05, 3.63) is 0 Å². The number of piperidine rings is 1. The van der Waals surface area contributed by atoms with Crippen molar-refractivity contribution in [2.75, 3.05) is 53.0 Å². The smallest absolute Gasteiger partial charge is 0.396 e. The Balaban J connectivity index is 1.77. The molecule has 2 saturated heterocycles. The Labute approximate surface area is 163 Å². The van der Waals surface area contributed by atoms with Crippen LogP contribution in [0, 0.1) is 11.3 Å². The molecule has 2 fully saturated rings. The molecule has 0 aromatic carbocycles. The highest BCUT2D eigenvalue weighted by atomic mass is 32.2. The van der Waals surface area contributed by atoms with Crippen molar-refractivity contribution in [1.82, 2.24) is 14.9 Å². The van der Waals surface area contributed by atoms with Crippen molar-refractivity contribution in [2.45, 2.75) is 31.2 Å². The van der Waals surface area contributed by atoms with Gasteiger partial charge in [-0.15, -0.1) is 0 Å². The van der Waals surface area contributed by atoms with E-state index in [1.807, 2.05) is 0 Å². The third-order valence-corrected chi connectivity index (χ3v) is 7.08. The Kier molecular flexibility index (Phi) is 7.94. The van der Waals surface area contributed by atoms with Gasteiger partial charge in [-0.1, -0.05) is 0 Å². The lowest BCUT2D eigenvalue weighted by Crippen LogP contribution is -2.48. The van der Waals surface area contributed by atoms with Crippen molar-refractivity contribution >= 4 is 16.0 Å². The molecule has 12 heteroatoms. The van der Waals surface area contributed by atoms with Gasteiger partial charge < -0.3 is 20.5 Å². The number of alkyl halides is 3. The van der Waals surface area contributed by atoms with Gasteiger partial charge in [0, 0.05) is 51.9 Å². The number of hydrogen-bond donors (Lipinski definition) is 3. The summed E-state index contributed by atoms with van der Waals surface area (Å²) in [7, 11) is -3.62. The van der Waals surface area contributed by atoms with Crippen molar-refractivity contribution in [3.8, 4) is 0 Å². The summed E-state index contributed by atoms with van der Waals surface area (Å²) in [6.45, 7) is 2.11. The van der Waals surface area contributed by atoms with E-state index in [2.05, 4.69) is 15.6 Å². The zero-order valence-electron chi connectivity index (χ0n) is 16.0. The number of rotatable bonds is 7. The van der Waals surface area contributed by atoms with Crippen LogP contribution in [0.2, 0.25) is 0 Å². The van der Waals surface area contributed by atoms with Crippen LogP contribution in [-0.4, -0.2) is 82.3 Å². The van der Waals surface area contributed by atoms with Gasteiger partial charge in [-0.25, -0.2) is 8.42 Å². The highest BCUT2D eigenvalue weighted by Gasteiger charge is 2.50. The molecule has 1 atom stereocenters. The van der Waals surface area contributed by atoms with E-state index in [1.165, 1.54) is 0 Å². The van der Waals surface area contributed by atoms with Gasteiger partial charge in [0.05, 0.1) is 6.61 Å². The number of guanidine groups is 1. The quantitative estimate of drug-likeness (QED) is 0.402. The van der Waals surface area contributed by atoms with Crippen molar-refractivity contribution in [2.24, 2.45) is 16.3 Å². The maximum atomic E-state index is 12.6. The van der Waals surface area contributed by atoms with Crippen LogP contribution in [-0.2, 0) is 14.8 Å². The molecule has 0 bridgehead atoms. The average Bonchev–Trinajstić information content (AvgIpc) is 3.10. The lowest BCUT2D eigenvalue weighted by atomic mass is 9.84. The van der Waals surface area contributed by atoms with E-state index in [9.17, 15) is 26.7 Å². The molecular weight excluding hydrogens is 401 g/mol. The van der Waals surface area contributed by atoms with Crippen LogP contribution in [0.5, 0.6) is 0 Å². The van der Waals surface area contributed by atoms with Crippen LogP contribution in [0.4, 0.5) is 13.2 Å². The van der Waals surface area contributed by atoms with Gasteiger partial charge in [0.1, 0.15) is 0 Å². The molecule has 0 radical (unpaired) electrons. The highest BCUT2D eigenvalue weighted by molar-refractivity contribution is 7.90. The van der Waals surface area contributed by atoms with E-state index in [1.54, 1.807) is 7.05 Å². The lowest BCUT2D eigenvalue weighted by Gasteiger charge is -2.32. The molecule has 2 aliphatic heterocycles. The Morgan fingerprint density at radius 3 is 2.50 bits per heavy atom. The number of nitrogens with one attached hydrogen (secondary N) is 2. The molecule has 2 aliphatic rings. The SMILES string of the molecule is CN=C(NCC1CCN(S(=O)(=O)C(F)(F)F)CC1)NCC1(CCO)CCOC1. The number of aliphatic imine (C=N–C) groups is 1. The van der Waals surface area contributed by atoms with E-state index in [0.29, 0.717) is 55.8 Å². The number of aliphatic hydroxyl groups is 1. The number of aliphatic hydroxyl groups excluding tert-OH is 1. The Morgan fingerprint density at radius 2 is 2.00 bits per heavy atom. The van der Waals surface area contributed by atoms with Gasteiger partial charge in [0.2, 0.25) is 0 Å². The van der Waals surface area contributed by atoms with Gasteiger partial charge in [-0.2, -0.15) is 17.5 Å². The first-order valence-corrected chi connectivity index (χ1v) is 10.8. The van der Waals surface area contributed by atoms with Gasteiger partial charge in [-0.3, -0.25) is 4.99 Å². The zero-order chi connectivity index (χ0) is 20.8. The number of nitrogens with zero attached hydrogens (tertiary/aromatic N) is 2. The molecule has 2 rings (SSSR count). The minimum atomic E-state index is -5.25. The Morgan fingerprint density at radius 1 is 1.32 bits per heavy atom. The van der Waals surface area contributed by atoms with E-state index >= 15 is 0 Å². The van der Waals surface area contributed by atoms with Crippen LogP contribution in [0.25, 0.3) is 0 Å². The molecular formula is C16H29F3N4O4S. The zero-order valence-corrected chi connectivity index (χ0v) is 16.8. The third kappa shape index (κ3) is 5.71. The molecule has 0 aliphatic carbocycles. The molecule has 1 unspecified atom stereocenters. The van der Waals surface area contributed by atoms with Gasteiger partial charge in [0.25, 0.3) is 0 Å².